The smallest absolute Gasteiger partial charge is 0.0650 e. The van der Waals surface area contributed by atoms with Crippen LogP contribution < -0.4 is 10.6 Å². The van der Waals surface area contributed by atoms with E-state index in [1.54, 1.807) is 0 Å². The largest absolute Gasteiger partial charge is 0.372 e. The van der Waals surface area contributed by atoms with E-state index in [0.717, 1.165) is 6.67 Å². The van der Waals surface area contributed by atoms with E-state index in [1.165, 1.54) is 36.1 Å². The summed E-state index contributed by atoms with van der Waals surface area (Å²) in [4.78, 5) is 0. The summed E-state index contributed by atoms with van der Waals surface area (Å²) in [6, 6.07) is 6.70. The number of hydrogen-bond donors (Lipinski definition) is 2. The standard InChI is InChI=1S/C11H16N2/c1-12-8-13-11-6-5-9-3-2-4-10(9)7-11/h5-7,12-13H,2-4,8H2,1H3. The molecule has 0 unspecified atom stereocenters. The van der Waals surface area contributed by atoms with Crippen molar-refractivity contribution in [2.24, 2.45) is 0 Å². The lowest BCUT2D eigenvalue weighted by Crippen LogP contribution is -2.16. The van der Waals surface area contributed by atoms with Crippen LogP contribution in [-0.4, -0.2) is 13.7 Å². The summed E-state index contributed by atoms with van der Waals surface area (Å²) in [6.45, 7) is 0.832. The van der Waals surface area contributed by atoms with E-state index in [-0.39, 0.29) is 0 Å². The lowest BCUT2D eigenvalue weighted by Gasteiger charge is -2.07. The average Bonchev–Trinajstić information content (AvgIpc) is 2.61. The van der Waals surface area contributed by atoms with Gasteiger partial charge in [0.05, 0.1) is 6.67 Å². The second-order valence-corrected chi connectivity index (χ2v) is 3.54. The number of fused-ring (bicyclic) bond motifs is 1. The van der Waals surface area contributed by atoms with Gasteiger partial charge in [-0.15, -0.1) is 0 Å². The Kier molecular flexibility index (Phi) is 2.50. The summed E-state index contributed by atoms with van der Waals surface area (Å²) < 4.78 is 0. The summed E-state index contributed by atoms with van der Waals surface area (Å²) in [5.41, 5.74) is 4.30. The third kappa shape index (κ3) is 1.83. The Morgan fingerprint density at radius 3 is 2.92 bits per heavy atom. The molecule has 0 atom stereocenters. The third-order valence-electron chi connectivity index (χ3n) is 2.57. The second-order valence-electron chi connectivity index (χ2n) is 3.54. The minimum Gasteiger partial charge on any atom is -0.372 e. The highest BCUT2D eigenvalue weighted by molar-refractivity contribution is 5.49. The first kappa shape index (κ1) is 8.57. The van der Waals surface area contributed by atoms with Gasteiger partial charge in [-0.05, 0) is 49.6 Å². The average molecular weight is 176 g/mol. The molecule has 2 N–H and O–H groups in total. The maximum atomic E-state index is 3.31. The molecule has 0 aliphatic heterocycles. The van der Waals surface area contributed by atoms with Crippen LogP contribution in [0.4, 0.5) is 5.69 Å². The molecular weight excluding hydrogens is 160 g/mol. The minimum absolute atomic E-state index is 0.832. The SMILES string of the molecule is CNCNc1ccc2c(c1)CCC2. The van der Waals surface area contributed by atoms with Gasteiger partial charge in [-0.3, -0.25) is 0 Å². The molecule has 2 rings (SSSR count). The molecule has 2 nitrogen and oxygen atoms in total. The van der Waals surface area contributed by atoms with Crippen LogP contribution >= 0.6 is 0 Å². The lowest BCUT2D eigenvalue weighted by atomic mass is 10.1. The van der Waals surface area contributed by atoms with Crippen LogP contribution in [0.1, 0.15) is 17.5 Å². The predicted molar refractivity (Wildman–Crippen MR) is 56.0 cm³/mol. The van der Waals surface area contributed by atoms with E-state index < -0.39 is 0 Å². The molecule has 2 heteroatoms. The molecule has 1 aliphatic rings. The maximum absolute atomic E-state index is 3.31. The molecule has 1 aliphatic carbocycles. The van der Waals surface area contributed by atoms with E-state index in [1.807, 2.05) is 7.05 Å². The fourth-order valence-electron chi connectivity index (χ4n) is 1.87. The zero-order valence-corrected chi connectivity index (χ0v) is 8.06. The molecule has 0 fully saturated rings. The summed E-state index contributed by atoms with van der Waals surface area (Å²) in [5, 5.41) is 6.39. The van der Waals surface area contributed by atoms with Gasteiger partial charge in [-0.25, -0.2) is 0 Å². The summed E-state index contributed by atoms with van der Waals surface area (Å²) in [5.74, 6) is 0. The number of nitrogens with one attached hydrogen (secondary N) is 2. The van der Waals surface area contributed by atoms with Crippen molar-refractivity contribution in [1.29, 1.82) is 0 Å². The van der Waals surface area contributed by atoms with Gasteiger partial charge < -0.3 is 10.6 Å². The molecule has 13 heavy (non-hydrogen) atoms. The molecule has 0 heterocycles. The third-order valence-corrected chi connectivity index (χ3v) is 2.57. The van der Waals surface area contributed by atoms with Crippen LogP contribution in [0.5, 0.6) is 0 Å². The van der Waals surface area contributed by atoms with Crippen molar-refractivity contribution >= 4 is 5.69 Å². The molecule has 0 amide bonds. The molecule has 1 aromatic carbocycles. The molecular formula is C11H16N2. The van der Waals surface area contributed by atoms with Crippen LogP contribution in [-0.2, 0) is 12.8 Å². The van der Waals surface area contributed by atoms with Gasteiger partial charge in [-0.1, -0.05) is 6.07 Å². The molecule has 1 aromatic rings. The highest BCUT2D eigenvalue weighted by atomic mass is 15.0. The van der Waals surface area contributed by atoms with Gasteiger partial charge in [0.25, 0.3) is 0 Å². The summed E-state index contributed by atoms with van der Waals surface area (Å²) in [6.07, 6.45) is 3.84. The van der Waals surface area contributed by atoms with Gasteiger partial charge in [-0.2, -0.15) is 0 Å². The van der Waals surface area contributed by atoms with Crippen molar-refractivity contribution in [3.8, 4) is 0 Å². The van der Waals surface area contributed by atoms with Gasteiger partial charge in [0.1, 0.15) is 0 Å². The topological polar surface area (TPSA) is 24.1 Å². The Morgan fingerprint density at radius 1 is 1.23 bits per heavy atom. The van der Waals surface area contributed by atoms with E-state index in [4.69, 9.17) is 0 Å². The molecule has 0 saturated heterocycles. The minimum atomic E-state index is 0.832. The van der Waals surface area contributed by atoms with Crippen molar-refractivity contribution < 1.29 is 0 Å². The van der Waals surface area contributed by atoms with Crippen LogP contribution in [0.15, 0.2) is 18.2 Å². The first-order valence-corrected chi connectivity index (χ1v) is 4.90. The fourth-order valence-corrected chi connectivity index (χ4v) is 1.87. The Morgan fingerprint density at radius 2 is 2.08 bits per heavy atom. The van der Waals surface area contributed by atoms with Gasteiger partial charge in [0, 0.05) is 5.69 Å². The summed E-state index contributed by atoms with van der Waals surface area (Å²) >= 11 is 0. The van der Waals surface area contributed by atoms with Crippen LogP contribution in [0, 0.1) is 0 Å². The van der Waals surface area contributed by atoms with Gasteiger partial charge in [0.2, 0.25) is 0 Å². The first-order valence-electron chi connectivity index (χ1n) is 4.90. The molecule has 0 saturated carbocycles. The first-order chi connectivity index (χ1) is 6.40. The van der Waals surface area contributed by atoms with Crippen molar-refractivity contribution in [3.63, 3.8) is 0 Å². The fraction of sp³-hybridized carbons (Fsp3) is 0.455. The molecule has 0 bridgehead atoms. The Labute approximate surface area is 79.4 Å². The van der Waals surface area contributed by atoms with E-state index in [0.29, 0.717) is 0 Å². The molecule has 0 radical (unpaired) electrons. The van der Waals surface area contributed by atoms with Crippen molar-refractivity contribution in [2.45, 2.75) is 19.3 Å². The van der Waals surface area contributed by atoms with Crippen LogP contribution in [0.2, 0.25) is 0 Å². The van der Waals surface area contributed by atoms with Crippen LogP contribution in [0.25, 0.3) is 0 Å². The van der Waals surface area contributed by atoms with E-state index in [2.05, 4.69) is 28.8 Å². The predicted octanol–water partition coefficient (Wildman–Crippen LogP) is 1.76. The summed E-state index contributed by atoms with van der Waals surface area (Å²) in [7, 11) is 1.94. The van der Waals surface area contributed by atoms with Gasteiger partial charge >= 0.3 is 0 Å². The number of aryl methyl sites for hydroxylation is 2. The quantitative estimate of drug-likeness (QED) is 0.686. The van der Waals surface area contributed by atoms with Crippen molar-refractivity contribution in [3.05, 3.63) is 29.3 Å². The normalized spacial score (nSPS) is 14.2. The van der Waals surface area contributed by atoms with E-state index >= 15 is 0 Å². The van der Waals surface area contributed by atoms with E-state index in [9.17, 15) is 0 Å². The lowest BCUT2D eigenvalue weighted by molar-refractivity contribution is 0.874. The molecule has 0 spiro atoms. The number of rotatable bonds is 3. The van der Waals surface area contributed by atoms with Gasteiger partial charge in [0.15, 0.2) is 0 Å². The highest BCUT2D eigenvalue weighted by Crippen LogP contribution is 2.24. The zero-order valence-electron chi connectivity index (χ0n) is 8.06. The number of hydrogen-bond acceptors (Lipinski definition) is 2. The Hall–Kier alpha value is -1.02. The Bertz CT molecular complexity index is 294. The molecule has 70 valence electrons. The second kappa shape index (κ2) is 3.79. The molecule has 0 aromatic heterocycles. The van der Waals surface area contributed by atoms with Crippen molar-refractivity contribution in [1.82, 2.24) is 5.32 Å². The highest BCUT2D eigenvalue weighted by Gasteiger charge is 2.09. The number of benzene rings is 1. The number of anilines is 1. The van der Waals surface area contributed by atoms with Crippen molar-refractivity contribution in [2.75, 3.05) is 19.0 Å². The maximum Gasteiger partial charge on any atom is 0.0650 e. The Balaban J connectivity index is 2.12. The zero-order chi connectivity index (χ0) is 9.10. The van der Waals surface area contributed by atoms with Crippen LogP contribution in [0.3, 0.4) is 0 Å². The monoisotopic (exact) mass is 176 g/mol.